The van der Waals surface area contributed by atoms with E-state index >= 15 is 0 Å². The molecule has 0 unspecified atom stereocenters. The number of imidazole rings is 1. The number of nitrogens with zero attached hydrogens (tertiary/aromatic N) is 5. The van der Waals surface area contributed by atoms with Crippen molar-refractivity contribution in [3.05, 3.63) is 63.7 Å². The second kappa shape index (κ2) is 8.87. The van der Waals surface area contributed by atoms with Crippen molar-refractivity contribution < 1.29 is 14.5 Å². The molecule has 0 radical (unpaired) electrons. The molecule has 0 fully saturated rings. The molecule has 0 bridgehead atoms. The summed E-state index contributed by atoms with van der Waals surface area (Å²) < 4.78 is 8.66. The Labute approximate surface area is 168 Å². The molecule has 3 aromatic heterocycles. The van der Waals surface area contributed by atoms with Crippen molar-refractivity contribution in [3.8, 4) is 0 Å². The van der Waals surface area contributed by atoms with Crippen molar-refractivity contribution in [3.63, 3.8) is 0 Å². The number of rotatable bonds is 9. The molecule has 9 nitrogen and oxygen atoms in total. The molecule has 0 aliphatic heterocycles. The number of esters is 1. The lowest BCUT2D eigenvalue weighted by molar-refractivity contribution is -0.396. The molecule has 0 aromatic carbocycles. The molecule has 0 saturated carbocycles. The molecule has 3 aromatic rings. The highest BCUT2D eigenvalue weighted by Crippen LogP contribution is 2.25. The van der Waals surface area contributed by atoms with Gasteiger partial charge in [-0.05, 0) is 55.5 Å². The molecular weight excluding hydrogens is 374 g/mol. The van der Waals surface area contributed by atoms with Crippen LogP contribution < -0.4 is 0 Å². The zero-order chi connectivity index (χ0) is 21.0. The van der Waals surface area contributed by atoms with Crippen molar-refractivity contribution in [1.29, 1.82) is 0 Å². The monoisotopic (exact) mass is 399 g/mol. The predicted molar refractivity (Wildman–Crippen MR) is 108 cm³/mol. The van der Waals surface area contributed by atoms with E-state index in [1.54, 1.807) is 17.7 Å². The van der Waals surface area contributed by atoms with Gasteiger partial charge < -0.3 is 24.2 Å². The third-order valence-corrected chi connectivity index (χ3v) is 4.91. The molecule has 29 heavy (non-hydrogen) atoms. The zero-order valence-corrected chi connectivity index (χ0v) is 16.9. The Morgan fingerprint density at radius 1 is 1.34 bits per heavy atom. The fraction of sp³-hybridized carbons (Fsp3) is 0.400. The lowest BCUT2D eigenvalue weighted by Gasteiger charge is -2.16. The second-order valence-corrected chi connectivity index (χ2v) is 6.90. The minimum atomic E-state index is -0.475. The minimum absolute atomic E-state index is 0.138. The van der Waals surface area contributed by atoms with Crippen LogP contribution in [-0.4, -0.2) is 49.9 Å². The Balaban J connectivity index is 1.72. The van der Waals surface area contributed by atoms with E-state index < -0.39 is 4.92 Å². The number of hydrogen-bond donors (Lipinski definition) is 0. The van der Waals surface area contributed by atoms with Crippen LogP contribution in [0.15, 0.2) is 36.8 Å². The number of aromatic nitrogens is 3. The van der Waals surface area contributed by atoms with Crippen LogP contribution >= 0.6 is 0 Å². The summed E-state index contributed by atoms with van der Waals surface area (Å²) in [4.78, 5) is 28.8. The first-order chi connectivity index (χ1) is 13.9. The molecular formula is C20H25N5O4. The molecule has 0 amide bonds. The quantitative estimate of drug-likeness (QED) is 0.312. The van der Waals surface area contributed by atoms with Crippen molar-refractivity contribution >= 4 is 17.4 Å². The van der Waals surface area contributed by atoms with Gasteiger partial charge in [-0.25, -0.2) is 9.36 Å². The molecule has 0 aliphatic carbocycles. The first kappa shape index (κ1) is 20.5. The first-order valence-electron chi connectivity index (χ1n) is 9.53. The van der Waals surface area contributed by atoms with Gasteiger partial charge in [-0.2, -0.15) is 0 Å². The van der Waals surface area contributed by atoms with Crippen LogP contribution in [0.2, 0.25) is 0 Å². The van der Waals surface area contributed by atoms with Gasteiger partial charge in [0.2, 0.25) is 0 Å². The van der Waals surface area contributed by atoms with E-state index in [0.717, 1.165) is 29.6 Å². The van der Waals surface area contributed by atoms with E-state index in [2.05, 4.69) is 9.88 Å². The number of carbonyl (C=O) groups excluding carboxylic acids is 1. The maximum absolute atomic E-state index is 12.4. The third-order valence-electron chi connectivity index (χ3n) is 4.91. The van der Waals surface area contributed by atoms with Crippen LogP contribution in [0.25, 0.3) is 5.52 Å². The lowest BCUT2D eigenvalue weighted by atomic mass is 10.1. The molecule has 0 saturated heterocycles. The molecule has 0 spiro atoms. The fourth-order valence-corrected chi connectivity index (χ4v) is 3.56. The molecule has 3 rings (SSSR count). The highest BCUT2D eigenvalue weighted by atomic mass is 16.6. The third kappa shape index (κ3) is 4.29. The van der Waals surface area contributed by atoms with Crippen LogP contribution in [0.5, 0.6) is 0 Å². The molecule has 3 heterocycles. The normalized spacial score (nSPS) is 11.3. The first-order valence-corrected chi connectivity index (χ1v) is 9.53. The van der Waals surface area contributed by atoms with Crippen molar-refractivity contribution in [2.75, 3.05) is 20.2 Å². The van der Waals surface area contributed by atoms with Gasteiger partial charge in [0.25, 0.3) is 0 Å². The number of pyridine rings is 1. The van der Waals surface area contributed by atoms with Crippen LogP contribution in [-0.2, 0) is 17.8 Å². The van der Waals surface area contributed by atoms with Crippen LogP contribution in [0.4, 0.5) is 5.95 Å². The summed E-state index contributed by atoms with van der Waals surface area (Å²) in [6.45, 7) is 5.98. The summed E-state index contributed by atoms with van der Waals surface area (Å²) in [5.74, 6) is -0.464. The summed E-state index contributed by atoms with van der Waals surface area (Å²) >= 11 is 0. The van der Waals surface area contributed by atoms with Crippen molar-refractivity contribution in [2.24, 2.45) is 0 Å². The molecule has 0 atom stereocenters. The number of nitro groups is 1. The van der Waals surface area contributed by atoms with Gasteiger partial charge in [-0.15, -0.1) is 0 Å². The van der Waals surface area contributed by atoms with Gasteiger partial charge in [0.05, 0.1) is 18.7 Å². The fourth-order valence-electron chi connectivity index (χ4n) is 3.56. The second-order valence-electron chi connectivity index (χ2n) is 6.90. The van der Waals surface area contributed by atoms with E-state index in [1.807, 2.05) is 42.8 Å². The zero-order valence-electron chi connectivity index (χ0n) is 16.9. The topological polar surface area (TPSA) is 94.9 Å². The smallest absolute Gasteiger partial charge is 0.434 e. The van der Waals surface area contributed by atoms with E-state index in [9.17, 15) is 14.9 Å². The van der Waals surface area contributed by atoms with Gasteiger partial charge in [0, 0.05) is 19.3 Å². The standard InChI is InChI=1S/C20H25N5O4/c1-4-29-19(26)18-15(2)16(17-8-5-6-12-24(17)18)14-22(3)10-7-11-23-13-9-21-20(23)25(27)28/h5-6,8-9,12-13H,4,7,10-11,14H2,1-3H3. The molecule has 154 valence electrons. The average molecular weight is 399 g/mol. The number of aryl methyl sites for hydroxylation is 1. The predicted octanol–water partition coefficient (Wildman–Crippen LogP) is 3.05. The van der Waals surface area contributed by atoms with Gasteiger partial charge in [-0.1, -0.05) is 11.1 Å². The summed E-state index contributed by atoms with van der Waals surface area (Å²) in [5, 5.41) is 11.0. The molecule has 0 N–H and O–H groups in total. The summed E-state index contributed by atoms with van der Waals surface area (Å²) in [6.07, 6.45) is 5.67. The largest absolute Gasteiger partial charge is 0.461 e. The Bertz CT molecular complexity index is 1020. The van der Waals surface area contributed by atoms with Crippen LogP contribution in [0.1, 0.15) is 35.0 Å². The summed E-state index contributed by atoms with van der Waals surface area (Å²) in [7, 11) is 2.00. The Morgan fingerprint density at radius 2 is 2.14 bits per heavy atom. The Hall–Kier alpha value is -3.20. The van der Waals surface area contributed by atoms with Crippen LogP contribution in [0, 0.1) is 17.0 Å². The summed E-state index contributed by atoms with van der Waals surface area (Å²) in [6, 6.07) is 5.83. The number of fused-ring (bicyclic) bond motifs is 1. The molecule has 9 heteroatoms. The lowest BCUT2D eigenvalue weighted by Crippen LogP contribution is -2.21. The number of hydrogen-bond acceptors (Lipinski definition) is 6. The summed E-state index contributed by atoms with van der Waals surface area (Å²) in [5.41, 5.74) is 3.52. The van der Waals surface area contributed by atoms with E-state index in [4.69, 9.17) is 4.74 Å². The number of ether oxygens (including phenoxy) is 1. The van der Waals surface area contributed by atoms with Crippen LogP contribution in [0.3, 0.4) is 0 Å². The highest BCUT2D eigenvalue weighted by molar-refractivity contribution is 5.92. The Kier molecular flexibility index (Phi) is 6.28. The van der Waals surface area contributed by atoms with Crippen molar-refractivity contribution in [1.82, 2.24) is 18.9 Å². The van der Waals surface area contributed by atoms with Gasteiger partial charge in [0.1, 0.15) is 18.1 Å². The van der Waals surface area contributed by atoms with E-state index in [1.165, 1.54) is 6.20 Å². The maximum Gasteiger partial charge on any atom is 0.434 e. The molecule has 0 aliphatic rings. The Morgan fingerprint density at radius 3 is 2.86 bits per heavy atom. The average Bonchev–Trinajstić information content (AvgIpc) is 3.25. The van der Waals surface area contributed by atoms with Crippen molar-refractivity contribution in [2.45, 2.75) is 33.4 Å². The highest BCUT2D eigenvalue weighted by Gasteiger charge is 2.22. The SMILES string of the molecule is CCOC(=O)c1c(C)c(CN(C)CCCn2ccnc2[N+](=O)[O-])c2ccccn12. The minimum Gasteiger partial charge on any atom is -0.461 e. The van der Waals surface area contributed by atoms with E-state index in [0.29, 0.717) is 25.4 Å². The van der Waals surface area contributed by atoms with E-state index in [-0.39, 0.29) is 11.9 Å². The van der Waals surface area contributed by atoms with Gasteiger partial charge in [0.15, 0.2) is 0 Å². The maximum atomic E-state index is 12.4. The van der Waals surface area contributed by atoms with Gasteiger partial charge >= 0.3 is 11.9 Å². The number of carbonyl (C=O) groups is 1. The van der Waals surface area contributed by atoms with Gasteiger partial charge in [-0.3, -0.25) is 0 Å².